The molecule has 5 heteroatoms. The van der Waals surface area contributed by atoms with E-state index in [1.807, 2.05) is 45.0 Å². The summed E-state index contributed by atoms with van der Waals surface area (Å²) in [5.41, 5.74) is 2.90. The Morgan fingerprint density at radius 3 is 2.38 bits per heavy atom. The smallest absolute Gasteiger partial charge is 0.180 e. The van der Waals surface area contributed by atoms with Gasteiger partial charge in [0.1, 0.15) is 6.61 Å². The molecule has 0 saturated carbocycles. The van der Waals surface area contributed by atoms with Crippen molar-refractivity contribution in [2.24, 2.45) is 0 Å². The third kappa shape index (κ3) is 5.90. The van der Waals surface area contributed by atoms with Gasteiger partial charge in [-0.05, 0) is 51.0 Å². The van der Waals surface area contributed by atoms with Crippen LogP contribution in [0.1, 0.15) is 37.5 Å². The molecule has 0 unspecified atom stereocenters. The van der Waals surface area contributed by atoms with E-state index < -0.39 is 0 Å². The summed E-state index contributed by atoms with van der Waals surface area (Å²) in [5.74, 6) is 1.19. The topological polar surface area (TPSA) is 50.7 Å². The second-order valence-electron chi connectivity index (χ2n) is 7.01. The lowest BCUT2D eigenvalue weighted by molar-refractivity contribution is 0.187. The highest BCUT2D eigenvalue weighted by atomic mass is 35.5. The number of hydrogen-bond acceptors (Lipinski definition) is 4. The summed E-state index contributed by atoms with van der Waals surface area (Å²) in [4.78, 5) is 0. The van der Waals surface area contributed by atoms with Crippen LogP contribution in [-0.2, 0) is 13.2 Å². The standard InChI is InChI=1S/C21H28ClNO3/c1-5-25-19-11-17(12-23-21(3,4)14-24)10-18(22)20(19)26-13-16-8-6-15(2)7-9-16/h6-11,23-24H,5,12-14H2,1-4H3. The molecule has 0 atom stereocenters. The van der Waals surface area contributed by atoms with E-state index >= 15 is 0 Å². The number of ether oxygens (including phenoxy) is 2. The Labute approximate surface area is 161 Å². The van der Waals surface area contributed by atoms with E-state index in [-0.39, 0.29) is 12.1 Å². The van der Waals surface area contributed by atoms with Crippen molar-refractivity contribution in [2.75, 3.05) is 13.2 Å². The van der Waals surface area contributed by atoms with Gasteiger partial charge in [0.15, 0.2) is 11.5 Å². The van der Waals surface area contributed by atoms with Crippen molar-refractivity contribution in [3.8, 4) is 11.5 Å². The molecule has 0 heterocycles. The average Bonchev–Trinajstić information content (AvgIpc) is 2.61. The number of hydrogen-bond donors (Lipinski definition) is 2. The van der Waals surface area contributed by atoms with Gasteiger partial charge >= 0.3 is 0 Å². The summed E-state index contributed by atoms with van der Waals surface area (Å²) in [5, 5.41) is 13.2. The van der Waals surface area contributed by atoms with Crippen LogP contribution in [0.3, 0.4) is 0 Å². The lowest BCUT2D eigenvalue weighted by Gasteiger charge is -2.24. The zero-order chi connectivity index (χ0) is 19.2. The van der Waals surface area contributed by atoms with Crippen LogP contribution in [0.4, 0.5) is 0 Å². The quantitative estimate of drug-likeness (QED) is 0.676. The summed E-state index contributed by atoms with van der Waals surface area (Å²) < 4.78 is 11.7. The van der Waals surface area contributed by atoms with Crippen molar-refractivity contribution in [3.05, 3.63) is 58.1 Å². The minimum absolute atomic E-state index is 0.0524. The highest BCUT2D eigenvalue weighted by molar-refractivity contribution is 6.32. The molecule has 4 nitrogen and oxygen atoms in total. The Kier molecular flexibility index (Phi) is 7.33. The van der Waals surface area contributed by atoms with E-state index in [9.17, 15) is 5.11 Å². The predicted octanol–water partition coefficient (Wildman–Crippen LogP) is 4.49. The number of aryl methyl sites for hydroxylation is 1. The zero-order valence-corrected chi connectivity index (χ0v) is 16.7. The first kappa shape index (κ1) is 20.6. The van der Waals surface area contributed by atoms with E-state index in [1.54, 1.807) is 0 Å². The molecule has 0 aliphatic carbocycles. The van der Waals surface area contributed by atoms with Crippen LogP contribution in [0.2, 0.25) is 5.02 Å². The lowest BCUT2D eigenvalue weighted by atomic mass is 10.1. The number of rotatable bonds is 9. The molecule has 0 aliphatic rings. The molecular weight excluding hydrogens is 350 g/mol. The van der Waals surface area contributed by atoms with Gasteiger partial charge in [0.25, 0.3) is 0 Å². The molecule has 142 valence electrons. The summed E-state index contributed by atoms with van der Waals surface area (Å²) in [6.45, 7) is 9.44. The molecule has 2 aromatic carbocycles. The number of halogens is 1. The predicted molar refractivity (Wildman–Crippen MR) is 106 cm³/mol. The Morgan fingerprint density at radius 2 is 1.77 bits per heavy atom. The summed E-state index contributed by atoms with van der Waals surface area (Å²) >= 11 is 6.46. The molecule has 0 aromatic heterocycles. The van der Waals surface area contributed by atoms with Gasteiger partial charge in [-0.15, -0.1) is 0 Å². The first-order valence-electron chi connectivity index (χ1n) is 8.84. The normalized spacial score (nSPS) is 11.5. The summed E-state index contributed by atoms with van der Waals surface area (Å²) in [6.07, 6.45) is 0. The molecule has 2 aromatic rings. The van der Waals surface area contributed by atoms with Crippen molar-refractivity contribution >= 4 is 11.6 Å². The van der Waals surface area contributed by atoms with Gasteiger partial charge in [-0.3, -0.25) is 0 Å². The van der Waals surface area contributed by atoms with Crippen LogP contribution >= 0.6 is 11.6 Å². The molecule has 26 heavy (non-hydrogen) atoms. The fraction of sp³-hybridized carbons (Fsp3) is 0.429. The van der Waals surface area contributed by atoms with Gasteiger partial charge in [-0.25, -0.2) is 0 Å². The maximum Gasteiger partial charge on any atom is 0.180 e. The summed E-state index contributed by atoms with van der Waals surface area (Å²) in [6, 6.07) is 12.0. The Hall–Kier alpha value is -1.75. The molecular formula is C21H28ClNO3. The molecule has 2 rings (SSSR count). The SMILES string of the molecule is CCOc1cc(CNC(C)(C)CO)cc(Cl)c1OCc1ccc(C)cc1. The fourth-order valence-corrected chi connectivity index (χ4v) is 2.65. The first-order chi connectivity index (χ1) is 12.3. The maximum absolute atomic E-state index is 9.37. The van der Waals surface area contributed by atoms with Gasteiger partial charge in [0.05, 0.1) is 18.2 Å². The molecule has 2 N–H and O–H groups in total. The Bertz CT molecular complexity index is 714. The van der Waals surface area contributed by atoms with Gasteiger partial charge in [-0.1, -0.05) is 41.4 Å². The number of nitrogens with one attached hydrogen (secondary N) is 1. The van der Waals surface area contributed by atoms with Crippen LogP contribution in [0.15, 0.2) is 36.4 Å². The van der Waals surface area contributed by atoms with Crippen LogP contribution in [0, 0.1) is 6.92 Å². The second kappa shape index (κ2) is 9.26. The fourth-order valence-electron chi connectivity index (χ4n) is 2.36. The molecule has 0 saturated heterocycles. The van der Waals surface area contributed by atoms with Gasteiger partial charge in [0, 0.05) is 12.1 Å². The minimum Gasteiger partial charge on any atom is -0.490 e. The van der Waals surface area contributed by atoms with Crippen molar-refractivity contribution in [2.45, 2.75) is 46.4 Å². The van der Waals surface area contributed by atoms with Crippen LogP contribution in [0.5, 0.6) is 11.5 Å². The van der Waals surface area contributed by atoms with Crippen molar-refractivity contribution < 1.29 is 14.6 Å². The van der Waals surface area contributed by atoms with Crippen LogP contribution in [0.25, 0.3) is 0 Å². The Morgan fingerprint density at radius 1 is 1.08 bits per heavy atom. The third-order valence-electron chi connectivity index (χ3n) is 4.04. The van der Waals surface area contributed by atoms with Gasteiger partial charge in [0.2, 0.25) is 0 Å². The largest absolute Gasteiger partial charge is 0.490 e. The lowest BCUT2D eigenvalue weighted by Crippen LogP contribution is -2.42. The zero-order valence-electron chi connectivity index (χ0n) is 15.9. The Balaban J connectivity index is 2.15. The average molecular weight is 378 g/mol. The first-order valence-corrected chi connectivity index (χ1v) is 9.22. The van der Waals surface area contributed by atoms with Crippen molar-refractivity contribution in [1.82, 2.24) is 5.32 Å². The van der Waals surface area contributed by atoms with E-state index in [2.05, 4.69) is 24.4 Å². The van der Waals surface area contributed by atoms with Crippen LogP contribution < -0.4 is 14.8 Å². The number of benzene rings is 2. The molecule has 0 fully saturated rings. The minimum atomic E-state index is -0.362. The number of aliphatic hydroxyl groups excluding tert-OH is 1. The summed E-state index contributed by atoms with van der Waals surface area (Å²) in [7, 11) is 0. The number of aliphatic hydroxyl groups is 1. The third-order valence-corrected chi connectivity index (χ3v) is 4.32. The second-order valence-corrected chi connectivity index (χ2v) is 7.41. The van der Waals surface area contributed by atoms with Crippen molar-refractivity contribution in [1.29, 1.82) is 0 Å². The highest BCUT2D eigenvalue weighted by Gasteiger charge is 2.17. The van der Waals surface area contributed by atoms with Gasteiger partial charge in [-0.2, -0.15) is 0 Å². The molecule has 0 bridgehead atoms. The molecule has 0 amide bonds. The van der Waals surface area contributed by atoms with E-state index in [0.717, 1.165) is 11.1 Å². The van der Waals surface area contributed by atoms with E-state index in [4.69, 9.17) is 21.1 Å². The molecule has 0 spiro atoms. The van der Waals surface area contributed by atoms with Crippen LogP contribution in [-0.4, -0.2) is 23.9 Å². The molecule has 0 aliphatic heterocycles. The van der Waals surface area contributed by atoms with Crippen molar-refractivity contribution in [3.63, 3.8) is 0 Å². The van der Waals surface area contributed by atoms with E-state index in [1.165, 1.54) is 5.56 Å². The highest BCUT2D eigenvalue weighted by Crippen LogP contribution is 2.37. The van der Waals surface area contributed by atoms with Gasteiger partial charge < -0.3 is 19.9 Å². The maximum atomic E-state index is 9.37. The monoisotopic (exact) mass is 377 g/mol. The molecule has 0 radical (unpaired) electrons. The van der Waals surface area contributed by atoms with E-state index in [0.29, 0.717) is 36.3 Å².